The third-order valence-corrected chi connectivity index (χ3v) is 3.13. The number of ether oxygens (including phenoxy) is 1. The van der Waals surface area contributed by atoms with Gasteiger partial charge < -0.3 is 9.64 Å². The van der Waals surface area contributed by atoms with Crippen LogP contribution in [0.15, 0.2) is 30.5 Å². The van der Waals surface area contributed by atoms with Gasteiger partial charge in [-0.25, -0.2) is 0 Å². The molecule has 0 saturated carbocycles. The third kappa shape index (κ3) is 1.40. The molecule has 16 heavy (non-hydrogen) atoms. The van der Waals surface area contributed by atoms with Gasteiger partial charge in [0, 0.05) is 30.4 Å². The lowest BCUT2D eigenvalue weighted by Gasteiger charge is -2.33. The molecule has 0 aliphatic carbocycles. The van der Waals surface area contributed by atoms with Crippen LogP contribution >= 0.6 is 0 Å². The molecule has 1 aliphatic heterocycles. The molecular weight excluding hydrogens is 200 g/mol. The fraction of sp³-hybridized carbons (Fsp3) is 0.308. The maximum atomic E-state index is 5.36. The van der Waals surface area contributed by atoms with E-state index < -0.39 is 0 Å². The van der Waals surface area contributed by atoms with Crippen LogP contribution in [0.25, 0.3) is 10.9 Å². The van der Waals surface area contributed by atoms with Gasteiger partial charge in [0.1, 0.15) is 5.75 Å². The van der Waals surface area contributed by atoms with Crippen LogP contribution in [0, 0.1) is 0 Å². The Labute approximate surface area is 94.7 Å². The SMILES string of the molecule is COc1ccnc2ccc(N3CCC3)cc12. The van der Waals surface area contributed by atoms with Crippen LogP contribution in [-0.4, -0.2) is 25.2 Å². The topological polar surface area (TPSA) is 25.4 Å². The quantitative estimate of drug-likeness (QED) is 0.767. The van der Waals surface area contributed by atoms with Crippen molar-refractivity contribution >= 4 is 16.6 Å². The molecule has 0 radical (unpaired) electrons. The van der Waals surface area contributed by atoms with E-state index in [1.165, 1.54) is 12.1 Å². The molecule has 3 rings (SSSR count). The molecule has 0 spiro atoms. The lowest BCUT2D eigenvalue weighted by molar-refractivity contribution is 0.419. The van der Waals surface area contributed by atoms with Gasteiger partial charge in [0.25, 0.3) is 0 Å². The number of nitrogens with zero attached hydrogens (tertiary/aromatic N) is 2. The third-order valence-electron chi connectivity index (χ3n) is 3.13. The molecule has 2 aromatic rings. The largest absolute Gasteiger partial charge is 0.496 e. The highest BCUT2D eigenvalue weighted by atomic mass is 16.5. The highest BCUT2D eigenvalue weighted by Crippen LogP contribution is 2.29. The Morgan fingerprint density at radius 2 is 2.12 bits per heavy atom. The van der Waals surface area contributed by atoms with Crippen LogP contribution in [0.5, 0.6) is 5.75 Å². The molecule has 2 heterocycles. The summed E-state index contributed by atoms with van der Waals surface area (Å²) in [4.78, 5) is 6.70. The predicted molar refractivity (Wildman–Crippen MR) is 65.1 cm³/mol. The van der Waals surface area contributed by atoms with Gasteiger partial charge >= 0.3 is 0 Å². The normalized spacial score (nSPS) is 14.9. The molecule has 82 valence electrons. The van der Waals surface area contributed by atoms with Crippen molar-refractivity contribution in [2.45, 2.75) is 6.42 Å². The lowest BCUT2D eigenvalue weighted by atomic mass is 10.1. The Balaban J connectivity index is 2.14. The second-order valence-corrected chi connectivity index (χ2v) is 4.06. The molecule has 1 fully saturated rings. The second kappa shape index (κ2) is 3.67. The van der Waals surface area contributed by atoms with Crippen molar-refractivity contribution in [1.29, 1.82) is 0 Å². The first-order chi connectivity index (χ1) is 7.88. The van der Waals surface area contributed by atoms with Crippen LogP contribution in [0.2, 0.25) is 0 Å². The average molecular weight is 214 g/mol. The van der Waals surface area contributed by atoms with Gasteiger partial charge in [-0.05, 0) is 30.7 Å². The Hall–Kier alpha value is -1.77. The fourth-order valence-electron chi connectivity index (χ4n) is 2.06. The first-order valence-corrected chi connectivity index (χ1v) is 5.56. The number of pyridine rings is 1. The van der Waals surface area contributed by atoms with E-state index >= 15 is 0 Å². The van der Waals surface area contributed by atoms with E-state index in [-0.39, 0.29) is 0 Å². The van der Waals surface area contributed by atoms with Crippen LogP contribution in [0.4, 0.5) is 5.69 Å². The highest BCUT2D eigenvalue weighted by Gasteiger charge is 2.15. The molecule has 1 aromatic heterocycles. The van der Waals surface area contributed by atoms with E-state index in [0.29, 0.717) is 0 Å². The van der Waals surface area contributed by atoms with Crippen molar-refractivity contribution in [3.8, 4) is 5.75 Å². The van der Waals surface area contributed by atoms with Gasteiger partial charge in [0.05, 0.1) is 12.6 Å². The molecule has 0 unspecified atom stereocenters. The molecule has 0 N–H and O–H groups in total. The van der Waals surface area contributed by atoms with Gasteiger partial charge in [0.2, 0.25) is 0 Å². The molecule has 0 bridgehead atoms. The summed E-state index contributed by atoms with van der Waals surface area (Å²) in [5.74, 6) is 0.896. The number of anilines is 1. The van der Waals surface area contributed by atoms with E-state index in [1.54, 1.807) is 13.3 Å². The van der Waals surface area contributed by atoms with Gasteiger partial charge in [-0.2, -0.15) is 0 Å². The number of methoxy groups -OCH3 is 1. The Morgan fingerprint density at radius 3 is 2.81 bits per heavy atom. The van der Waals surface area contributed by atoms with Crippen LogP contribution in [0.1, 0.15) is 6.42 Å². The number of hydrogen-bond donors (Lipinski definition) is 0. The minimum atomic E-state index is 0.896. The van der Waals surface area contributed by atoms with Crippen LogP contribution in [0.3, 0.4) is 0 Å². The summed E-state index contributed by atoms with van der Waals surface area (Å²) in [7, 11) is 1.70. The zero-order chi connectivity index (χ0) is 11.0. The van der Waals surface area contributed by atoms with E-state index in [0.717, 1.165) is 29.7 Å². The molecule has 3 heteroatoms. The van der Waals surface area contributed by atoms with E-state index in [1.807, 2.05) is 6.07 Å². The minimum absolute atomic E-state index is 0.896. The summed E-state index contributed by atoms with van der Waals surface area (Å²) < 4.78 is 5.36. The van der Waals surface area contributed by atoms with Gasteiger partial charge in [0.15, 0.2) is 0 Å². The van der Waals surface area contributed by atoms with Crippen LogP contribution < -0.4 is 9.64 Å². The zero-order valence-electron chi connectivity index (χ0n) is 9.31. The maximum Gasteiger partial charge on any atom is 0.129 e. The smallest absolute Gasteiger partial charge is 0.129 e. The summed E-state index contributed by atoms with van der Waals surface area (Å²) in [5.41, 5.74) is 2.26. The molecule has 1 saturated heterocycles. The highest BCUT2D eigenvalue weighted by molar-refractivity contribution is 5.88. The predicted octanol–water partition coefficient (Wildman–Crippen LogP) is 2.45. The molecule has 1 aromatic carbocycles. The fourth-order valence-corrected chi connectivity index (χ4v) is 2.06. The average Bonchev–Trinajstić information content (AvgIpc) is 2.26. The molecule has 3 nitrogen and oxygen atoms in total. The van der Waals surface area contributed by atoms with Crippen molar-refractivity contribution in [3.63, 3.8) is 0 Å². The minimum Gasteiger partial charge on any atom is -0.496 e. The number of benzene rings is 1. The standard InChI is InChI=1S/C13H14N2O/c1-16-13-5-6-14-12-4-3-10(9-11(12)13)15-7-2-8-15/h3-6,9H,2,7-8H2,1H3. The summed E-state index contributed by atoms with van der Waals surface area (Å²) in [5, 5.41) is 1.09. The maximum absolute atomic E-state index is 5.36. The van der Waals surface area contributed by atoms with Crippen molar-refractivity contribution < 1.29 is 4.74 Å². The summed E-state index contributed by atoms with van der Waals surface area (Å²) in [6, 6.07) is 8.27. The summed E-state index contributed by atoms with van der Waals surface area (Å²) in [6.45, 7) is 2.32. The Kier molecular flexibility index (Phi) is 2.17. The van der Waals surface area contributed by atoms with Crippen molar-refractivity contribution in [2.75, 3.05) is 25.1 Å². The van der Waals surface area contributed by atoms with Gasteiger partial charge in [-0.15, -0.1) is 0 Å². The van der Waals surface area contributed by atoms with E-state index in [9.17, 15) is 0 Å². The number of aromatic nitrogens is 1. The summed E-state index contributed by atoms with van der Waals surface area (Å²) >= 11 is 0. The van der Waals surface area contributed by atoms with E-state index in [4.69, 9.17) is 4.74 Å². The monoisotopic (exact) mass is 214 g/mol. The number of fused-ring (bicyclic) bond motifs is 1. The second-order valence-electron chi connectivity index (χ2n) is 4.06. The molecular formula is C13H14N2O. The lowest BCUT2D eigenvalue weighted by Crippen LogP contribution is -2.36. The molecule has 0 atom stereocenters. The van der Waals surface area contributed by atoms with Crippen molar-refractivity contribution in [2.24, 2.45) is 0 Å². The number of rotatable bonds is 2. The zero-order valence-corrected chi connectivity index (χ0v) is 9.31. The first-order valence-electron chi connectivity index (χ1n) is 5.56. The van der Waals surface area contributed by atoms with Gasteiger partial charge in [-0.3, -0.25) is 4.98 Å². The van der Waals surface area contributed by atoms with Crippen molar-refractivity contribution in [1.82, 2.24) is 4.98 Å². The number of hydrogen-bond acceptors (Lipinski definition) is 3. The first kappa shape index (κ1) is 9.46. The Bertz CT molecular complexity index is 520. The molecule has 0 amide bonds. The molecule has 1 aliphatic rings. The van der Waals surface area contributed by atoms with E-state index in [2.05, 4.69) is 28.1 Å². The van der Waals surface area contributed by atoms with Gasteiger partial charge in [-0.1, -0.05) is 0 Å². The van der Waals surface area contributed by atoms with Crippen molar-refractivity contribution in [3.05, 3.63) is 30.5 Å². The summed E-state index contributed by atoms with van der Waals surface area (Å²) in [6.07, 6.45) is 3.08. The Morgan fingerprint density at radius 1 is 1.25 bits per heavy atom. The van der Waals surface area contributed by atoms with Crippen LogP contribution in [-0.2, 0) is 0 Å².